The van der Waals surface area contributed by atoms with Gasteiger partial charge in [0.1, 0.15) is 0 Å². The molecule has 0 radical (unpaired) electrons. The van der Waals surface area contributed by atoms with Gasteiger partial charge in [0, 0.05) is 7.11 Å². The van der Waals surface area contributed by atoms with Gasteiger partial charge in [0.2, 0.25) is 0 Å². The fourth-order valence-electron chi connectivity index (χ4n) is 0.775. The van der Waals surface area contributed by atoms with Gasteiger partial charge in [-0.25, -0.2) is 4.79 Å². The normalized spacial score (nSPS) is 13.8. The second-order valence-electron chi connectivity index (χ2n) is 2.74. The van der Waals surface area contributed by atoms with E-state index in [9.17, 15) is 18.0 Å². The maximum atomic E-state index is 12.0. The van der Waals surface area contributed by atoms with Crippen LogP contribution < -0.4 is 0 Å². The molecule has 96 valence electrons. The van der Waals surface area contributed by atoms with Crippen molar-refractivity contribution >= 4 is 5.97 Å². The molecule has 0 aliphatic heterocycles. The lowest BCUT2D eigenvalue weighted by Gasteiger charge is -2.16. The molecule has 0 aromatic carbocycles. The topological polar surface area (TPSA) is 65.0 Å². The molecule has 0 rings (SSSR count). The fraction of sp³-hybridized carbons (Fsp3) is 0.875. The van der Waals surface area contributed by atoms with E-state index in [2.05, 4.69) is 9.47 Å². The first-order valence-corrected chi connectivity index (χ1v) is 4.37. The Kier molecular flexibility index (Phi) is 7.02. The molecule has 0 bridgehead atoms. The summed E-state index contributed by atoms with van der Waals surface area (Å²) >= 11 is 0. The Labute approximate surface area is 90.1 Å². The zero-order valence-corrected chi connectivity index (χ0v) is 8.62. The highest BCUT2D eigenvalue weighted by molar-refractivity contribution is 5.73. The zero-order valence-electron chi connectivity index (χ0n) is 8.62. The molecular weight excluding hydrogens is 233 g/mol. The molecule has 0 aromatic heterocycles. The van der Waals surface area contributed by atoms with E-state index >= 15 is 0 Å². The Morgan fingerprint density at radius 2 is 1.81 bits per heavy atom. The van der Waals surface area contributed by atoms with Gasteiger partial charge in [-0.05, 0) is 0 Å². The molecule has 0 amide bonds. The Balaban J connectivity index is 3.75. The maximum Gasteiger partial charge on any atom is 0.425 e. The molecule has 5 nitrogen and oxygen atoms in total. The average Bonchev–Trinajstić information content (AvgIpc) is 2.13. The van der Waals surface area contributed by atoms with Gasteiger partial charge in [-0.3, -0.25) is 0 Å². The van der Waals surface area contributed by atoms with Gasteiger partial charge in [-0.1, -0.05) is 0 Å². The molecule has 0 fully saturated rings. The lowest BCUT2D eigenvalue weighted by atomic mass is 10.3. The standard InChI is InChI=1S/C8H13F3O5/c1-14-2-3-15-4-5-16-6(7(12)13)8(9,10)11/h6H,2-5H2,1H3,(H,12,13). The van der Waals surface area contributed by atoms with E-state index in [0.29, 0.717) is 6.61 Å². The van der Waals surface area contributed by atoms with E-state index in [1.165, 1.54) is 7.11 Å². The summed E-state index contributed by atoms with van der Waals surface area (Å²) in [5.41, 5.74) is 0. The highest BCUT2D eigenvalue weighted by Crippen LogP contribution is 2.22. The van der Waals surface area contributed by atoms with Crippen molar-refractivity contribution in [2.45, 2.75) is 12.3 Å². The summed E-state index contributed by atoms with van der Waals surface area (Å²) in [6.07, 6.45) is -7.73. The number of alkyl halides is 3. The van der Waals surface area contributed by atoms with Gasteiger partial charge in [-0.15, -0.1) is 0 Å². The number of ether oxygens (including phenoxy) is 3. The number of rotatable bonds is 8. The van der Waals surface area contributed by atoms with E-state index in [0.717, 1.165) is 0 Å². The predicted octanol–water partition coefficient (Wildman–Crippen LogP) is 0.681. The SMILES string of the molecule is COCCOCCOC(C(=O)O)C(F)(F)F. The quantitative estimate of drug-likeness (QED) is 0.638. The van der Waals surface area contributed by atoms with Crippen LogP contribution in [0.15, 0.2) is 0 Å². The third-order valence-corrected chi connectivity index (χ3v) is 1.47. The van der Waals surface area contributed by atoms with Crippen molar-refractivity contribution in [3.05, 3.63) is 0 Å². The van der Waals surface area contributed by atoms with Crippen LogP contribution in [0.2, 0.25) is 0 Å². The molecule has 0 saturated carbocycles. The maximum absolute atomic E-state index is 12.0. The van der Waals surface area contributed by atoms with Crippen LogP contribution in [0, 0.1) is 0 Å². The summed E-state index contributed by atoms with van der Waals surface area (Å²) in [6.45, 7) is -0.0470. The highest BCUT2D eigenvalue weighted by atomic mass is 19.4. The van der Waals surface area contributed by atoms with Gasteiger partial charge in [0.15, 0.2) is 0 Å². The molecule has 0 saturated heterocycles. The van der Waals surface area contributed by atoms with Crippen LogP contribution in [0.25, 0.3) is 0 Å². The third-order valence-electron chi connectivity index (χ3n) is 1.47. The summed E-state index contributed by atoms with van der Waals surface area (Å²) < 4.78 is 49.7. The number of methoxy groups -OCH3 is 1. The van der Waals surface area contributed by atoms with Crippen molar-refractivity contribution in [3.63, 3.8) is 0 Å². The Morgan fingerprint density at radius 3 is 2.25 bits per heavy atom. The molecule has 0 aromatic rings. The first kappa shape index (κ1) is 15.1. The number of aliphatic carboxylic acids is 1. The fourth-order valence-corrected chi connectivity index (χ4v) is 0.775. The van der Waals surface area contributed by atoms with Gasteiger partial charge in [0.05, 0.1) is 26.4 Å². The highest BCUT2D eigenvalue weighted by Gasteiger charge is 2.46. The number of hydrogen-bond donors (Lipinski definition) is 1. The monoisotopic (exact) mass is 246 g/mol. The Morgan fingerprint density at radius 1 is 1.25 bits per heavy atom. The largest absolute Gasteiger partial charge is 0.479 e. The zero-order chi connectivity index (χ0) is 12.6. The summed E-state index contributed by atoms with van der Waals surface area (Å²) in [7, 11) is 1.45. The number of carbonyl (C=O) groups is 1. The van der Waals surface area contributed by atoms with Gasteiger partial charge in [0.25, 0.3) is 6.10 Å². The number of hydrogen-bond acceptors (Lipinski definition) is 4. The van der Waals surface area contributed by atoms with Crippen LogP contribution in [0.5, 0.6) is 0 Å². The van der Waals surface area contributed by atoms with Crippen LogP contribution in [0.3, 0.4) is 0 Å². The number of carboxylic acids is 1. The second-order valence-corrected chi connectivity index (χ2v) is 2.74. The summed E-state index contributed by atoms with van der Waals surface area (Å²) in [5, 5.41) is 8.24. The number of halogens is 3. The Bertz CT molecular complexity index is 206. The van der Waals surface area contributed by atoms with Gasteiger partial charge < -0.3 is 19.3 Å². The van der Waals surface area contributed by atoms with E-state index in [4.69, 9.17) is 9.84 Å². The van der Waals surface area contributed by atoms with Crippen molar-refractivity contribution in [2.75, 3.05) is 33.5 Å². The summed E-state index contributed by atoms with van der Waals surface area (Å²) in [6, 6.07) is 0. The van der Waals surface area contributed by atoms with Crippen molar-refractivity contribution < 1.29 is 37.3 Å². The smallest absolute Gasteiger partial charge is 0.425 e. The minimum absolute atomic E-state index is 0.122. The molecular formula is C8H13F3O5. The van der Waals surface area contributed by atoms with Crippen molar-refractivity contribution in [1.82, 2.24) is 0 Å². The van der Waals surface area contributed by atoms with Crippen molar-refractivity contribution in [2.24, 2.45) is 0 Å². The van der Waals surface area contributed by atoms with E-state index < -0.39 is 24.9 Å². The average molecular weight is 246 g/mol. The van der Waals surface area contributed by atoms with Crippen molar-refractivity contribution in [1.29, 1.82) is 0 Å². The molecule has 8 heteroatoms. The number of carboxylic acid groups (broad SMARTS) is 1. The third kappa shape index (κ3) is 6.59. The summed E-state index contributed by atoms with van der Waals surface area (Å²) in [4.78, 5) is 10.2. The van der Waals surface area contributed by atoms with Crippen molar-refractivity contribution in [3.8, 4) is 0 Å². The van der Waals surface area contributed by atoms with E-state index in [-0.39, 0.29) is 13.2 Å². The van der Waals surface area contributed by atoms with Gasteiger partial charge in [-0.2, -0.15) is 13.2 Å². The molecule has 0 aliphatic rings. The van der Waals surface area contributed by atoms with Gasteiger partial charge >= 0.3 is 12.1 Å². The van der Waals surface area contributed by atoms with Crippen LogP contribution >= 0.6 is 0 Å². The molecule has 0 spiro atoms. The lowest BCUT2D eigenvalue weighted by Crippen LogP contribution is -2.39. The first-order valence-electron chi connectivity index (χ1n) is 4.37. The molecule has 0 heterocycles. The molecule has 0 aliphatic carbocycles. The molecule has 1 atom stereocenters. The van der Waals surface area contributed by atoms with Crippen LogP contribution in [0.4, 0.5) is 13.2 Å². The molecule has 16 heavy (non-hydrogen) atoms. The van der Waals surface area contributed by atoms with Crippen LogP contribution in [-0.4, -0.2) is 56.9 Å². The first-order chi connectivity index (χ1) is 7.39. The molecule has 1 unspecified atom stereocenters. The lowest BCUT2D eigenvalue weighted by molar-refractivity contribution is -0.229. The van der Waals surface area contributed by atoms with E-state index in [1.807, 2.05) is 0 Å². The molecule has 1 N–H and O–H groups in total. The summed E-state index contributed by atoms with van der Waals surface area (Å²) in [5.74, 6) is -2.07. The Hall–Kier alpha value is -0.860. The second kappa shape index (κ2) is 7.42. The van der Waals surface area contributed by atoms with Crippen LogP contribution in [0.1, 0.15) is 0 Å². The minimum atomic E-state index is -4.92. The van der Waals surface area contributed by atoms with Crippen LogP contribution in [-0.2, 0) is 19.0 Å². The minimum Gasteiger partial charge on any atom is -0.479 e. The predicted molar refractivity (Wildman–Crippen MR) is 46.1 cm³/mol. The van der Waals surface area contributed by atoms with E-state index in [1.54, 1.807) is 0 Å².